The molecule has 130 valence electrons. The molecule has 2 rings (SSSR count). The topological polar surface area (TPSA) is 60.2 Å². The molecule has 0 saturated heterocycles. The summed E-state index contributed by atoms with van der Waals surface area (Å²) in [6, 6.07) is 18.4. The van der Waals surface area contributed by atoms with Crippen LogP contribution in [0.5, 0.6) is 0 Å². The standard InChI is InChI=1S/C19H21ClN4S/c1-19(15-6-4-3-5-7-15,16-8-10-17(20)11-9-16)25-13-12-23-18(22-2)24-14-21/h3-11H,12-13H2,1-2H3,(H2,22,23,24). The molecule has 1 unspecified atom stereocenters. The fourth-order valence-electron chi connectivity index (χ4n) is 2.51. The highest BCUT2D eigenvalue weighted by Crippen LogP contribution is 2.42. The zero-order valence-electron chi connectivity index (χ0n) is 14.3. The molecule has 0 aliphatic carbocycles. The molecule has 4 nitrogen and oxygen atoms in total. The highest BCUT2D eigenvalue weighted by molar-refractivity contribution is 8.00. The summed E-state index contributed by atoms with van der Waals surface area (Å²) in [5, 5.41) is 15.1. The summed E-state index contributed by atoms with van der Waals surface area (Å²) >= 11 is 7.89. The Hall–Kier alpha value is -2.16. The van der Waals surface area contributed by atoms with Crippen LogP contribution in [0.1, 0.15) is 18.1 Å². The number of guanidine groups is 1. The van der Waals surface area contributed by atoms with E-state index in [0.717, 1.165) is 10.8 Å². The van der Waals surface area contributed by atoms with E-state index in [0.29, 0.717) is 12.5 Å². The maximum Gasteiger partial charge on any atom is 0.204 e. The summed E-state index contributed by atoms with van der Waals surface area (Å²) in [5.74, 6) is 1.33. The van der Waals surface area contributed by atoms with Crippen molar-refractivity contribution in [2.24, 2.45) is 4.99 Å². The maximum absolute atomic E-state index is 8.68. The summed E-state index contributed by atoms with van der Waals surface area (Å²) in [6.07, 6.45) is 1.87. The van der Waals surface area contributed by atoms with Crippen LogP contribution in [0, 0.1) is 11.5 Å². The van der Waals surface area contributed by atoms with Crippen LogP contribution in [0.25, 0.3) is 0 Å². The number of hydrogen-bond donors (Lipinski definition) is 2. The number of aliphatic imine (C=N–C) groups is 1. The van der Waals surface area contributed by atoms with E-state index in [1.165, 1.54) is 11.1 Å². The first-order valence-electron chi connectivity index (χ1n) is 7.91. The van der Waals surface area contributed by atoms with E-state index in [4.69, 9.17) is 16.9 Å². The van der Waals surface area contributed by atoms with E-state index in [9.17, 15) is 0 Å². The van der Waals surface area contributed by atoms with Crippen LogP contribution in [-0.4, -0.2) is 25.3 Å². The third-order valence-corrected chi connectivity index (χ3v) is 5.61. The van der Waals surface area contributed by atoms with E-state index < -0.39 is 0 Å². The first kappa shape index (κ1) is 19.2. The van der Waals surface area contributed by atoms with Gasteiger partial charge in [-0.1, -0.05) is 54.1 Å². The van der Waals surface area contributed by atoms with Crippen LogP contribution in [0.3, 0.4) is 0 Å². The van der Waals surface area contributed by atoms with Crippen LogP contribution in [0.4, 0.5) is 0 Å². The number of nitrogens with one attached hydrogen (secondary N) is 2. The van der Waals surface area contributed by atoms with Crippen molar-refractivity contribution in [1.82, 2.24) is 10.6 Å². The second-order valence-corrected chi connectivity index (χ2v) is 7.44. The van der Waals surface area contributed by atoms with E-state index in [1.807, 2.05) is 36.2 Å². The molecule has 0 radical (unpaired) electrons. The summed E-state index contributed by atoms with van der Waals surface area (Å²) in [5.41, 5.74) is 2.44. The van der Waals surface area contributed by atoms with Gasteiger partial charge < -0.3 is 5.32 Å². The predicted molar refractivity (Wildman–Crippen MR) is 107 cm³/mol. The van der Waals surface area contributed by atoms with Gasteiger partial charge in [0.15, 0.2) is 6.19 Å². The zero-order valence-corrected chi connectivity index (χ0v) is 15.9. The Labute approximate surface area is 158 Å². The molecular weight excluding hydrogens is 352 g/mol. The second-order valence-electron chi connectivity index (χ2n) is 5.49. The quantitative estimate of drug-likeness (QED) is 0.265. The van der Waals surface area contributed by atoms with Gasteiger partial charge in [0.05, 0.1) is 4.75 Å². The van der Waals surface area contributed by atoms with Crippen LogP contribution < -0.4 is 10.6 Å². The van der Waals surface area contributed by atoms with E-state index in [-0.39, 0.29) is 4.75 Å². The van der Waals surface area contributed by atoms with Gasteiger partial charge in [0, 0.05) is 24.4 Å². The molecule has 0 heterocycles. The van der Waals surface area contributed by atoms with Crippen LogP contribution >= 0.6 is 23.4 Å². The van der Waals surface area contributed by atoms with Crippen molar-refractivity contribution in [1.29, 1.82) is 5.26 Å². The third-order valence-electron chi connectivity index (χ3n) is 3.90. The predicted octanol–water partition coefficient (Wildman–Crippen LogP) is 3.98. The van der Waals surface area contributed by atoms with Crippen molar-refractivity contribution in [3.05, 3.63) is 70.7 Å². The molecule has 2 aromatic rings. The minimum atomic E-state index is -0.195. The molecule has 0 spiro atoms. The number of benzene rings is 2. The molecule has 0 bridgehead atoms. The molecule has 2 aromatic carbocycles. The lowest BCUT2D eigenvalue weighted by Crippen LogP contribution is -2.36. The van der Waals surface area contributed by atoms with Crippen molar-refractivity contribution in [3.8, 4) is 6.19 Å². The summed E-state index contributed by atoms with van der Waals surface area (Å²) in [4.78, 5) is 3.99. The molecule has 6 heteroatoms. The molecule has 0 saturated carbocycles. The van der Waals surface area contributed by atoms with Crippen molar-refractivity contribution >= 4 is 29.3 Å². The smallest absolute Gasteiger partial charge is 0.204 e. The Morgan fingerprint density at radius 1 is 1.16 bits per heavy atom. The van der Waals surface area contributed by atoms with E-state index in [2.05, 4.69) is 58.9 Å². The monoisotopic (exact) mass is 372 g/mol. The Kier molecular flexibility index (Phi) is 7.17. The number of rotatable bonds is 6. The number of nitrogens with zero attached hydrogens (tertiary/aromatic N) is 2. The molecule has 0 amide bonds. The molecule has 1 atom stereocenters. The average Bonchev–Trinajstić information content (AvgIpc) is 2.65. The Morgan fingerprint density at radius 3 is 2.40 bits per heavy atom. The number of halogens is 1. The fraction of sp³-hybridized carbons (Fsp3) is 0.263. The second kappa shape index (κ2) is 9.36. The molecule has 2 N–H and O–H groups in total. The minimum absolute atomic E-state index is 0.195. The number of thioether (sulfide) groups is 1. The van der Waals surface area contributed by atoms with Gasteiger partial charge in [-0.25, -0.2) is 0 Å². The summed E-state index contributed by atoms with van der Waals surface area (Å²) in [7, 11) is 1.64. The lowest BCUT2D eigenvalue weighted by atomic mass is 9.92. The SMILES string of the molecule is CN=C(NC#N)NCCSC(C)(c1ccccc1)c1ccc(Cl)cc1. The first-order valence-corrected chi connectivity index (χ1v) is 9.28. The highest BCUT2D eigenvalue weighted by atomic mass is 35.5. The van der Waals surface area contributed by atoms with E-state index in [1.54, 1.807) is 7.05 Å². The van der Waals surface area contributed by atoms with Gasteiger partial charge in [0.1, 0.15) is 0 Å². The fourth-order valence-corrected chi connectivity index (χ4v) is 3.86. The van der Waals surface area contributed by atoms with Crippen LogP contribution in [-0.2, 0) is 4.75 Å². The first-order chi connectivity index (χ1) is 12.1. The highest BCUT2D eigenvalue weighted by Gasteiger charge is 2.29. The summed E-state index contributed by atoms with van der Waals surface area (Å²) in [6.45, 7) is 2.92. The lowest BCUT2D eigenvalue weighted by Gasteiger charge is -2.30. The molecule has 0 fully saturated rings. The van der Waals surface area contributed by atoms with Crippen molar-refractivity contribution in [2.45, 2.75) is 11.7 Å². The maximum atomic E-state index is 8.68. The molecule has 0 aliphatic rings. The van der Waals surface area contributed by atoms with Crippen LogP contribution in [0.2, 0.25) is 5.02 Å². The Morgan fingerprint density at radius 2 is 1.80 bits per heavy atom. The van der Waals surface area contributed by atoms with Crippen molar-refractivity contribution in [3.63, 3.8) is 0 Å². The number of hydrogen-bond acceptors (Lipinski definition) is 3. The third kappa shape index (κ3) is 5.15. The molecule has 25 heavy (non-hydrogen) atoms. The summed E-state index contributed by atoms with van der Waals surface area (Å²) < 4.78 is -0.195. The van der Waals surface area contributed by atoms with Crippen molar-refractivity contribution < 1.29 is 0 Å². The lowest BCUT2D eigenvalue weighted by molar-refractivity contribution is 0.831. The van der Waals surface area contributed by atoms with Gasteiger partial charge in [-0.05, 0) is 30.2 Å². The van der Waals surface area contributed by atoms with Gasteiger partial charge in [-0.15, -0.1) is 11.8 Å². The normalized spacial score (nSPS) is 13.6. The zero-order chi connectivity index (χ0) is 18.1. The van der Waals surface area contributed by atoms with Gasteiger partial charge in [-0.2, -0.15) is 5.26 Å². The minimum Gasteiger partial charge on any atom is -0.355 e. The van der Waals surface area contributed by atoms with Gasteiger partial charge in [-0.3, -0.25) is 10.3 Å². The molecule has 0 aliphatic heterocycles. The number of nitriles is 1. The van der Waals surface area contributed by atoms with Gasteiger partial charge in [0.25, 0.3) is 0 Å². The van der Waals surface area contributed by atoms with Gasteiger partial charge >= 0.3 is 0 Å². The van der Waals surface area contributed by atoms with E-state index >= 15 is 0 Å². The van der Waals surface area contributed by atoms with Crippen molar-refractivity contribution in [2.75, 3.05) is 19.3 Å². The largest absolute Gasteiger partial charge is 0.355 e. The molecule has 0 aromatic heterocycles. The Balaban J connectivity index is 2.14. The van der Waals surface area contributed by atoms with Gasteiger partial charge in [0.2, 0.25) is 5.96 Å². The molecular formula is C19H21ClN4S. The average molecular weight is 373 g/mol. The Bertz CT molecular complexity index is 740. The van der Waals surface area contributed by atoms with Crippen LogP contribution in [0.15, 0.2) is 59.6 Å².